The zero-order chi connectivity index (χ0) is 16.8. The molecule has 0 heterocycles. The van der Waals surface area contributed by atoms with Crippen molar-refractivity contribution in [2.75, 3.05) is 11.8 Å². The number of carbonyl (C=O) groups excluding carboxylic acids is 1. The monoisotopic (exact) mass is 356 g/mol. The number of hydrogen-bond donors (Lipinski definition) is 0. The minimum Gasteiger partial charge on any atom is -0.293 e. The maximum absolute atomic E-state index is 11.9. The Bertz CT molecular complexity index is 781. The Balaban J connectivity index is 1.82. The first-order chi connectivity index (χ1) is 11.6. The lowest BCUT2D eigenvalue weighted by Crippen LogP contribution is -2.25. The number of Topliss-reactive ketones (excluding diaryl/α,β-unsaturated/α-hetero) is 1. The molecule has 0 spiro atoms. The van der Waals surface area contributed by atoms with E-state index in [9.17, 15) is 4.79 Å². The van der Waals surface area contributed by atoms with Crippen LogP contribution in [0.15, 0.2) is 43.0 Å². The normalized spacial score (nSPS) is 20.4. The van der Waals surface area contributed by atoms with Crippen molar-refractivity contribution in [2.24, 2.45) is 0 Å². The van der Waals surface area contributed by atoms with Crippen molar-refractivity contribution >= 4 is 34.6 Å². The quantitative estimate of drug-likeness (QED) is 0.504. The van der Waals surface area contributed by atoms with Crippen molar-refractivity contribution in [1.29, 1.82) is 0 Å². The highest BCUT2D eigenvalue weighted by atomic mass is 35.5. The van der Waals surface area contributed by atoms with Crippen molar-refractivity contribution in [3.05, 3.63) is 76.4 Å². The van der Waals surface area contributed by atoms with Gasteiger partial charge in [-0.15, -0.1) is 23.2 Å². The van der Waals surface area contributed by atoms with E-state index in [4.69, 9.17) is 23.2 Å². The summed E-state index contributed by atoms with van der Waals surface area (Å²) in [6.07, 6.45) is 2.29. The fourth-order valence-electron chi connectivity index (χ4n) is 4.23. The fourth-order valence-corrected chi connectivity index (χ4v) is 4.53. The van der Waals surface area contributed by atoms with Gasteiger partial charge < -0.3 is 0 Å². The van der Waals surface area contributed by atoms with Gasteiger partial charge in [-0.2, -0.15) is 0 Å². The standard InChI is InChI=1S/C21H18Cl2O/c1-12(10-22)13-2-4-15-18-7-6-17(19(15)8-13)16-5-3-14(9-20(16)18)21(24)11-23/h2-5,8-9,17-18H,1,6-7,10-11H2. The van der Waals surface area contributed by atoms with Crippen molar-refractivity contribution < 1.29 is 4.79 Å². The summed E-state index contributed by atoms with van der Waals surface area (Å²) in [5.74, 6) is 1.26. The molecule has 3 aliphatic rings. The molecule has 0 saturated carbocycles. The molecule has 24 heavy (non-hydrogen) atoms. The minimum atomic E-state index is -0.00473. The predicted molar refractivity (Wildman–Crippen MR) is 101 cm³/mol. The van der Waals surface area contributed by atoms with Crippen LogP contribution < -0.4 is 0 Å². The molecule has 2 atom stereocenters. The first-order valence-electron chi connectivity index (χ1n) is 8.25. The van der Waals surface area contributed by atoms with E-state index in [1.807, 2.05) is 6.07 Å². The summed E-state index contributed by atoms with van der Waals surface area (Å²) in [5.41, 5.74) is 8.28. The molecule has 0 saturated heterocycles. The van der Waals surface area contributed by atoms with Gasteiger partial charge in [0.05, 0.1) is 5.88 Å². The van der Waals surface area contributed by atoms with Gasteiger partial charge in [0.25, 0.3) is 0 Å². The molecular formula is C21H18Cl2O. The smallest absolute Gasteiger partial charge is 0.177 e. The van der Waals surface area contributed by atoms with Gasteiger partial charge in [-0.1, -0.05) is 36.9 Å². The number of hydrogen-bond acceptors (Lipinski definition) is 1. The van der Waals surface area contributed by atoms with E-state index < -0.39 is 0 Å². The lowest BCUT2D eigenvalue weighted by molar-refractivity contribution is 0.102. The third kappa shape index (κ3) is 2.34. The third-order valence-electron chi connectivity index (χ3n) is 5.43. The summed E-state index contributed by atoms with van der Waals surface area (Å²) >= 11 is 11.7. The van der Waals surface area contributed by atoms with Gasteiger partial charge in [0.15, 0.2) is 5.78 Å². The second kappa shape index (κ2) is 6.06. The van der Waals surface area contributed by atoms with Crippen LogP contribution in [0.3, 0.4) is 0 Å². The Hall–Kier alpha value is -1.57. The Morgan fingerprint density at radius 3 is 1.96 bits per heavy atom. The number of benzene rings is 2. The molecule has 2 unspecified atom stereocenters. The highest BCUT2D eigenvalue weighted by Crippen LogP contribution is 2.53. The second-order valence-electron chi connectivity index (χ2n) is 6.66. The summed E-state index contributed by atoms with van der Waals surface area (Å²) in [4.78, 5) is 11.9. The molecule has 122 valence electrons. The van der Waals surface area contributed by atoms with E-state index >= 15 is 0 Å². The summed E-state index contributed by atoms with van der Waals surface area (Å²) < 4.78 is 0. The van der Waals surface area contributed by atoms with Crippen LogP contribution >= 0.6 is 23.2 Å². The van der Waals surface area contributed by atoms with Gasteiger partial charge >= 0.3 is 0 Å². The maximum Gasteiger partial charge on any atom is 0.177 e. The molecular weight excluding hydrogens is 339 g/mol. The zero-order valence-corrected chi connectivity index (χ0v) is 14.8. The van der Waals surface area contributed by atoms with Gasteiger partial charge in [-0.25, -0.2) is 0 Å². The van der Waals surface area contributed by atoms with Crippen LogP contribution in [0, 0.1) is 0 Å². The molecule has 1 nitrogen and oxygen atoms in total. The van der Waals surface area contributed by atoms with Crippen LogP contribution in [-0.2, 0) is 0 Å². The maximum atomic E-state index is 11.9. The molecule has 0 radical (unpaired) electrons. The summed E-state index contributed by atoms with van der Waals surface area (Å²) in [6.45, 7) is 4.06. The van der Waals surface area contributed by atoms with Crippen molar-refractivity contribution in [2.45, 2.75) is 24.7 Å². The van der Waals surface area contributed by atoms with E-state index in [1.54, 1.807) is 0 Å². The molecule has 0 aliphatic heterocycles. The van der Waals surface area contributed by atoms with Crippen molar-refractivity contribution in [3.8, 4) is 0 Å². The molecule has 0 aromatic heterocycles. The molecule has 5 rings (SSSR count). The SMILES string of the molecule is C=C(CCl)c1ccc2c(c1)C1CCC2c2cc(C(=O)CCl)ccc21. The van der Waals surface area contributed by atoms with Gasteiger partial charge in [-0.05, 0) is 52.3 Å². The lowest BCUT2D eigenvalue weighted by atomic mass is 9.63. The van der Waals surface area contributed by atoms with E-state index in [0.717, 1.165) is 29.5 Å². The average molecular weight is 357 g/mol. The van der Waals surface area contributed by atoms with Crippen molar-refractivity contribution in [1.82, 2.24) is 0 Å². The molecule has 0 fully saturated rings. The molecule has 0 N–H and O–H groups in total. The average Bonchev–Trinajstić information content (AvgIpc) is 2.66. The van der Waals surface area contributed by atoms with E-state index in [2.05, 4.69) is 36.9 Å². The Labute approximate surface area is 152 Å². The number of allylic oxidation sites excluding steroid dienone is 1. The second-order valence-corrected chi connectivity index (χ2v) is 7.20. The third-order valence-corrected chi connectivity index (χ3v) is 6.00. The first kappa shape index (κ1) is 15.9. The molecule has 2 aromatic rings. The highest BCUT2D eigenvalue weighted by Gasteiger charge is 2.37. The van der Waals surface area contributed by atoms with Crippen molar-refractivity contribution in [3.63, 3.8) is 0 Å². The zero-order valence-electron chi connectivity index (χ0n) is 13.3. The van der Waals surface area contributed by atoms with Crippen LogP contribution in [-0.4, -0.2) is 17.5 Å². The van der Waals surface area contributed by atoms with Crippen LogP contribution in [0.2, 0.25) is 0 Å². The van der Waals surface area contributed by atoms with E-state index in [-0.39, 0.29) is 11.7 Å². The number of rotatable bonds is 4. The van der Waals surface area contributed by atoms with Gasteiger partial charge in [0, 0.05) is 23.3 Å². The van der Waals surface area contributed by atoms with Gasteiger partial charge in [0.1, 0.15) is 0 Å². The van der Waals surface area contributed by atoms with E-state index in [0.29, 0.717) is 17.7 Å². The molecule has 2 aromatic carbocycles. The molecule has 2 bridgehead atoms. The number of alkyl halides is 2. The first-order valence-corrected chi connectivity index (χ1v) is 9.32. The Morgan fingerprint density at radius 1 is 0.875 bits per heavy atom. The lowest BCUT2D eigenvalue weighted by Gasteiger charge is -2.41. The van der Waals surface area contributed by atoms with Crippen LogP contribution in [0.5, 0.6) is 0 Å². The van der Waals surface area contributed by atoms with Gasteiger partial charge in [-0.3, -0.25) is 4.79 Å². The Morgan fingerprint density at radius 2 is 1.42 bits per heavy atom. The largest absolute Gasteiger partial charge is 0.293 e. The number of ketones is 1. The number of carbonyl (C=O) groups is 1. The molecule has 0 amide bonds. The minimum absolute atomic E-state index is 0.00473. The topological polar surface area (TPSA) is 17.1 Å². The summed E-state index contributed by atoms with van der Waals surface area (Å²) in [7, 11) is 0. The number of halogens is 2. The molecule has 3 aliphatic carbocycles. The van der Waals surface area contributed by atoms with Crippen LogP contribution in [0.25, 0.3) is 5.57 Å². The number of fused-ring (bicyclic) bond motifs is 1. The van der Waals surface area contributed by atoms with Gasteiger partial charge in [0.2, 0.25) is 0 Å². The Kier molecular flexibility index (Phi) is 4.02. The summed E-state index contributed by atoms with van der Waals surface area (Å²) in [5, 5.41) is 0. The summed E-state index contributed by atoms with van der Waals surface area (Å²) in [6, 6.07) is 12.7. The predicted octanol–water partition coefficient (Wildman–Crippen LogP) is 5.73. The van der Waals surface area contributed by atoms with Crippen LogP contribution in [0.1, 0.15) is 62.9 Å². The highest BCUT2D eigenvalue weighted by molar-refractivity contribution is 6.30. The fraction of sp³-hybridized carbons (Fsp3) is 0.286. The van der Waals surface area contributed by atoms with Crippen LogP contribution in [0.4, 0.5) is 0 Å². The molecule has 3 heteroatoms. The van der Waals surface area contributed by atoms with E-state index in [1.165, 1.54) is 22.3 Å².